The number of fused-ring (bicyclic) bond motifs is 1. The molecule has 114 valence electrons. The highest BCUT2D eigenvalue weighted by molar-refractivity contribution is 7.09. The normalized spacial score (nSPS) is 29.4. The zero-order valence-electron chi connectivity index (χ0n) is 12.2. The van der Waals surface area contributed by atoms with Crippen molar-refractivity contribution in [3.63, 3.8) is 0 Å². The highest BCUT2D eigenvalue weighted by Gasteiger charge is 2.55. The van der Waals surface area contributed by atoms with Crippen LogP contribution in [-0.4, -0.2) is 65.0 Å². The first-order valence-corrected chi connectivity index (χ1v) is 7.94. The van der Waals surface area contributed by atoms with Gasteiger partial charge in [-0.25, -0.2) is 4.98 Å². The fourth-order valence-corrected chi connectivity index (χ4v) is 4.13. The molecule has 2 atom stereocenters. The number of nitrogens with zero attached hydrogens (tertiary/aromatic N) is 3. The smallest absolute Gasteiger partial charge is 0.313 e. The number of hydrogen-bond acceptors (Lipinski definition) is 5. The third kappa shape index (κ3) is 2.34. The average molecular weight is 309 g/mol. The van der Waals surface area contributed by atoms with Gasteiger partial charge in [0.25, 0.3) is 5.91 Å². The first-order valence-electron chi connectivity index (χ1n) is 7.06. The minimum Gasteiger partial charge on any atom is -0.481 e. The molecule has 21 heavy (non-hydrogen) atoms. The van der Waals surface area contributed by atoms with E-state index in [2.05, 4.69) is 4.98 Å². The van der Waals surface area contributed by atoms with Gasteiger partial charge in [-0.1, -0.05) is 0 Å². The van der Waals surface area contributed by atoms with E-state index in [-0.39, 0.29) is 18.4 Å². The van der Waals surface area contributed by atoms with Crippen LogP contribution in [0.2, 0.25) is 0 Å². The Kier molecular flexibility index (Phi) is 3.49. The maximum atomic E-state index is 12.5. The predicted octanol–water partition coefficient (Wildman–Crippen LogP) is 0.930. The van der Waals surface area contributed by atoms with Crippen LogP contribution in [0.25, 0.3) is 0 Å². The molecule has 1 aromatic rings. The number of amides is 1. The Morgan fingerprint density at radius 2 is 2.24 bits per heavy atom. The summed E-state index contributed by atoms with van der Waals surface area (Å²) in [6.07, 6.45) is 0.822. The molecule has 7 heteroatoms. The Morgan fingerprint density at radius 1 is 1.48 bits per heavy atom. The van der Waals surface area contributed by atoms with Crippen molar-refractivity contribution < 1.29 is 14.7 Å². The van der Waals surface area contributed by atoms with Crippen molar-refractivity contribution >= 4 is 23.2 Å². The van der Waals surface area contributed by atoms with Crippen LogP contribution in [0.5, 0.6) is 0 Å². The van der Waals surface area contributed by atoms with Crippen LogP contribution in [-0.2, 0) is 4.79 Å². The highest BCUT2D eigenvalue weighted by atomic mass is 32.1. The number of rotatable bonds is 2. The molecular weight excluding hydrogens is 290 g/mol. The molecule has 3 rings (SSSR count). The number of aliphatic carboxylic acids is 1. The van der Waals surface area contributed by atoms with Crippen LogP contribution < -0.4 is 0 Å². The quantitative estimate of drug-likeness (QED) is 0.880. The van der Waals surface area contributed by atoms with Crippen LogP contribution in [0, 0.1) is 18.3 Å². The fourth-order valence-electron chi connectivity index (χ4n) is 3.55. The Bertz CT molecular complexity index is 588. The van der Waals surface area contributed by atoms with Gasteiger partial charge in [0.1, 0.15) is 11.1 Å². The van der Waals surface area contributed by atoms with Gasteiger partial charge in [0.05, 0.1) is 5.01 Å². The number of aryl methyl sites for hydroxylation is 1. The number of thiazole rings is 1. The van der Waals surface area contributed by atoms with Gasteiger partial charge in [-0.15, -0.1) is 11.3 Å². The first kappa shape index (κ1) is 14.5. The molecule has 0 radical (unpaired) electrons. The van der Waals surface area contributed by atoms with E-state index in [1.807, 2.05) is 18.9 Å². The number of carbonyl (C=O) groups is 2. The summed E-state index contributed by atoms with van der Waals surface area (Å²) in [7, 11) is 1.94. The van der Waals surface area contributed by atoms with E-state index < -0.39 is 11.4 Å². The van der Waals surface area contributed by atoms with Gasteiger partial charge in [-0.05, 0) is 32.9 Å². The number of hydrogen-bond donors (Lipinski definition) is 1. The summed E-state index contributed by atoms with van der Waals surface area (Å²) in [6, 6.07) is 0. The molecule has 1 amide bonds. The number of carbonyl (C=O) groups excluding carboxylic acids is 1. The van der Waals surface area contributed by atoms with Gasteiger partial charge in [0.2, 0.25) is 0 Å². The van der Waals surface area contributed by atoms with E-state index in [0.717, 1.165) is 18.0 Å². The van der Waals surface area contributed by atoms with Crippen molar-refractivity contribution in [2.24, 2.45) is 11.3 Å². The van der Waals surface area contributed by atoms with Crippen LogP contribution in [0.1, 0.15) is 21.9 Å². The molecule has 2 saturated heterocycles. The van der Waals surface area contributed by atoms with Crippen LogP contribution in [0.15, 0.2) is 5.38 Å². The molecule has 1 N–H and O–H groups in total. The molecule has 0 spiro atoms. The largest absolute Gasteiger partial charge is 0.481 e. The minimum atomic E-state index is -0.826. The third-order valence-electron chi connectivity index (χ3n) is 4.66. The van der Waals surface area contributed by atoms with Gasteiger partial charge in [0, 0.05) is 25.0 Å². The summed E-state index contributed by atoms with van der Waals surface area (Å²) >= 11 is 1.44. The van der Waals surface area contributed by atoms with Gasteiger partial charge < -0.3 is 14.9 Å². The highest BCUT2D eigenvalue weighted by Crippen LogP contribution is 2.42. The lowest BCUT2D eigenvalue weighted by molar-refractivity contribution is -0.153. The Morgan fingerprint density at radius 3 is 2.86 bits per heavy atom. The minimum absolute atomic E-state index is 0.0369. The SMILES string of the molecule is Cc1nc(C(=O)N2C[C@@H]3CCN(C)C[C@]3(C(=O)O)C2)cs1. The van der Waals surface area contributed by atoms with E-state index in [9.17, 15) is 14.7 Å². The maximum Gasteiger partial charge on any atom is 0.313 e. The molecular formula is C14H19N3O3S. The number of carboxylic acids is 1. The average Bonchev–Trinajstić information content (AvgIpc) is 3.01. The van der Waals surface area contributed by atoms with Crippen LogP contribution in [0.4, 0.5) is 0 Å². The van der Waals surface area contributed by atoms with Crippen LogP contribution >= 0.6 is 11.3 Å². The van der Waals surface area contributed by atoms with E-state index in [1.54, 1.807) is 10.3 Å². The summed E-state index contributed by atoms with van der Waals surface area (Å²) in [6.45, 7) is 4.06. The van der Waals surface area contributed by atoms with Crippen LogP contribution in [0.3, 0.4) is 0 Å². The summed E-state index contributed by atoms with van der Waals surface area (Å²) < 4.78 is 0. The standard InChI is InChI=1S/C14H19N3O3S/c1-9-15-11(6-21-9)12(18)17-5-10-3-4-16(2)7-14(10,8-17)13(19)20/h6,10H,3-5,7-8H2,1-2H3,(H,19,20)/t10-,14-/m0/s1. The zero-order chi connectivity index (χ0) is 15.2. The molecule has 0 aromatic carbocycles. The summed E-state index contributed by atoms with van der Waals surface area (Å²) in [5.74, 6) is -0.893. The first-order chi connectivity index (χ1) is 9.92. The number of likely N-dealkylation sites (tertiary alicyclic amines) is 2. The maximum absolute atomic E-state index is 12.5. The Balaban J connectivity index is 1.85. The summed E-state index contributed by atoms with van der Waals surface area (Å²) in [5.41, 5.74) is -0.390. The molecule has 0 unspecified atom stereocenters. The molecule has 0 saturated carbocycles. The molecule has 6 nitrogen and oxygen atoms in total. The van der Waals surface area contributed by atoms with E-state index in [0.29, 0.717) is 18.8 Å². The summed E-state index contributed by atoms with van der Waals surface area (Å²) in [4.78, 5) is 32.3. The van der Waals surface area contributed by atoms with E-state index in [1.165, 1.54) is 11.3 Å². The molecule has 2 fully saturated rings. The Labute approximate surface area is 127 Å². The number of carboxylic acid groups (broad SMARTS) is 1. The van der Waals surface area contributed by atoms with Gasteiger partial charge in [-0.3, -0.25) is 9.59 Å². The monoisotopic (exact) mass is 309 g/mol. The van der Waals surface area contributed by atoms with E-state index >= 15 is 0 Å². The number of aromatic nitrogens is 1. The topological polar surface area (TPSA) is 73.7 Å². The van der Waals surface area contributed by atoms with Gasteiger partial charge >= 0.3 is 5.97 Å². The molecule has 0 aliphatic carbocycles. The third-order valence-corrected chi connectivity index (χ3v) is 5.43. The molecule has 2 aliphatic rings. The predicted molar refractivity (Wildman–Crippen MR) is 78.4 cm³/mol. The lowest BCUT2D eigenvalue weighted by Crippen LogP contribution is -2.52. The van der Waals surface area contributed by atoms with Crippen molar-refractivity contribution in [2.75, 3.05) is 33.2 Å². The fraction of sp³-hybridized carbons (Fsp3) is 0.643. The van der Waals surface area contributed by atoms with Gasteiger partial charge in [0.15, 0.2) is 0 Å². The summed E-state index contributed by atoms with van der Waals surface area (Å²) in [5, 5.41) is 12.3. The van der Waals surface area contributed by atoms with Crippen molar-refractivity contribution in [3.8, 4) is 0 Å². The lowest BCUT2D eigenvalue weighted by atomic mass is 9.73. The molecule has 0 bridgehead atoms. The molecule has 3 heterocycles. The zero-order valence-corrected chi connectivity index (χ0v) is 13.0. The second kappa shape index (κ2) is 5.06. The van der Waals surface area contributed by atoms with Crippen molar-refractivity contribution in [1.82, 2.24) is 14.8 Å². The van der Waals surface area contributed by atoms with Crippen molar-refractivity contribution in [2.45, 2.75) is 13.3 Å². The van der Waals surface area contributed by atoms with Crippen molar-refractivity contribution in [1.29, 1.82) is 0 Å². The van der Waals surface area contributed by atoms with Crippen molar-refractivity contribution in [3.05, 3.63) is 16.1 Å². The van der Waals surface area contributed by atoms with E-state index in [4.69, 9.17) is 0 Å². The molecule has 1 aromatic heterocycles. The molecule has 2 aliphatic heterocycles. The second-order valence-corrected chi connectivity index (χ2v) is 7.18. The number of piperidine rings is 1. The van der Waals surface area contributed by atoms with Gasteiger partial charge in [-0.2, -0.15) is 0 Å². The second-order valence-electron chi connectivity index (χ2n) is 6.12. The Hall–Kier alpha value is -1.47. The lowest BCUT2D eigenvalue weighted by Gasteiger charge is -2.39.